The molecule has 102 valence electrons. The Balaban J connectivity index is 3.14. The minimum Gasteiger partial charge on any atom is -0.374 e. The van der Waals surface area contributed by atoms with Gasteiger partial charge in [-0.2, -0.15) is 0 Å². The molecule has 0 heterocycles. The molecule has 1 aromatic carbocycles. The Kier molecular flexibility index (Phi) is 5.93. The first-order valence-electron chi connectivity index (χ1n) is 6.24. The third-order valence-electron chi connectivity index (χ3n) is 2.89. The van der Waals surface area contributed by atoms with E-state index in [1.807, 2.05) is 19.1 Å². The molecule has 1 unspecified atom stereocenters. The van der Waals surface area contributed by atoms with Crippen LogP contribution in [-0.4, -0.2) is 18.8 Å². The first kappa shape index (κ1) is 15.8. The van der Waals surface area contributed by atoms with E-state index >= 15 is 0 Å². The Morgan fingerprint density at radius 2 is 1.94 bits per heavy atom. The molecule has 4 heteroatoms. The molecule has 1 aromatic rings. The smallest absolute Gasteiger partial charge is 0.0820 e. The van der Waals surface area contributed by atoms with Gasteiger partial charge in [0.25, 0.3) is 0 Å². The van der Waals surface area contributed by atoms with Gasteiger partial charge in [-0.3, -0.25) is 0 Å². The predicted molar refractivity (Wildman–Crippen MR) is 78.6 cm³/mol. The van der Waals surface area contributed by atoms with Crippen LogP contribution >= 0.6 is 23.2 Å². The highest BCUT2D eigenvalue weighted by Crippen LogP contribution is 2.34. The van der Waals surface area contributed by atoms with E-state index in [2.05, 4.69) is 26.1 Å². The maximum absolute atomic E-state index is 6.28. The van der Waals surface area contributed by atoms with Gasteiger partial charge in [0.2, 0.25) is 0 Å². The zero-order chi connectivity index (χ0) is 13.8. The van der Waals surface area contributed by atoms with Gasteiger partial charge < -0.3 is 10.1 Å². The van der Waals surface area contributed by atoms with Crippen molar-refractivity contribution < 1.29 is 4.74 Å². The van der Waals surface area contributed by atoms with Crippen LogP contribution in [0.2, 0.25) is 10.0 Å². The molecule has 0 aliphatic rings. The fourth-order valence-electron chi connectivity index (χ4n) is 2.13. The van der Waals surface area contributed by atoms with E-state index in [1.165, 1.54) is 0 Å². The van der Waals surface area contributed by atoms with E-state index in [0.717, 1.165) is 12.1 Å². The van der Waals surface area contributed by atoms with Crippen molar-refractivity contribution >= 4 is 23.2 Å². The van der Waals surface area contributed by atoms with Crippen molar-refractivity contribution in [2.45, 2.75) is 39.3 Å². The van der Waals surface area contributed by atoms with E-state index < -0.39 is 0 Å². The summed E-state index contributed by atoms with van der Waals surface area (Å²) in [4.78, 5) is 0. The molecule has 0 aliphatic carbocycles. The first-order chi connectivity index (χ1) is 8.42. The average Bonchev–Trinajstić information content (AvgIpc) is 2.29. The second-order valence-corrected chi connectivity index (χ2v) is 5.54. The fraction of sp³-hybridized carbons (Fsp3) is 0.571. The Hall–Kier alpha value is -0.280. The van der Waals surface area contributed by atoms with Crippen molar-refractivity contribution in [3.63, 3.8) is 0 Å². The minimum absolute atomic E-state index is 0.00801. The molecule has 0 amide bonds. The topological polar surface area (TPSA) is 21.3 Å². The highest BCUT2D eigenvalue weighted by atomic mass is 35.5. The zero-order valence-corrected chi connectivity index (χ0v) is 12.9. The van der Waals surface area contributed by atoms with E-state index in [9.17, 15) is 0 Å². The number of rotatable bonds is 6. The van der Waals surface area contributed by atoms with Crippen molar-refractivity contribution in [1.29, 1.82) is 0 Å². The summed E-state index contributed by atoms with van der Waals surface area (Å²) in [6.07, 6.45) is 0. The van der Waals surface area contributed by atoms with Crippen LogP contribution in [-0.2, 0) is 4.74 Å². The SMILES string of the molecule is CCNC(c1cc(Cl)ccc1Cl)C(C)(C)OCC. The van der Waals surface area contributed by atoms with Gasteiger partial charge in [0.05, 0.1) is 11.6 Å². The third-order valence-corrected chi connectivity index (χ3v) is 3.47. The summed E-state index contributed by atoms with van der Waals surface area (Å²) in [5.74, 6) is 0. The second-order valence-electron chi connectivity index (χ2n) is 4.69. The number of ether oxygens (including phenoxy) is 1. The quantitative estimate of drug-likeness (QED) is 0.835. The molecule has 0 aliphatic heterocycles. The van der Waals surface area contributed by atoms with Crippen LogP contribution in [0.5, 0.6) is 0 Å². The van der Waals surface area contributed by atoms with Crippen LogP contribution in [0.1, 0.15) is 39.3 Å². The number of nitrogens with one attached hydrogen (secondary N) is 1. The van der Waals surface area contributed by atoms with Crippen LogP contribution in [0.15, 0.2) is 18.2 Å². The van der Waals surface area contributed by atoms with Crippen molar-refractivity contribution in [3.8, 4) is 0 Å². The monoisotopic (exact) mass is 289 g/mol. The van der Waals surface area contributed by atoms with Gasteiger partial charge >= 0.3 is 0 Å². The normalized spacial score (nSPS) is 13.7. The molecule has 1 N–H and O–H groups in total. The van der Waals surface area contributed by atoms with Gasteiger partial charge in [0.1, 0.15) is 0 Å². The fourth-order valence-corrected chi connectivity index (χ4v) is 2.53. The van der Waals surface area contributed by atoms with E-state index in [0.29, 0.717) is 16.7 Å². The lowest BCUT2D eigenvalue weighted by atomic mass is 9.91. The van der Waals surface area contributed by atoms with Crippen molar-refractivity contribution in [2.24, 2.45) is 0 Å². The molecule has 18 heavy (non-hydrogen) atoms. The molecule has 0 spiro atoms. The van der Waals surface area contributed by atoms with Gasteiger partial charge in [-0.05, 0) is 51.1 Å². The molecule has 0 radical (unpaired) electrons. The molecule has 0 bridgehead atoms. The van der Waals surface area contributed by atoms with Crippen LogP contribution in [0, 0.1) is 0 Å². The molecule has 0 fully saturated rings. The second kappa shape index (κ2) is 6.76. The highest BCUT2D eigenvalue weighted by Gasteiger charge is 2.32. The van der Waals surface area contributed by atoms with Gasteiger partial charge in [-0.15, -0.1) is 0 Å². The Labute approximate surface area is 120 Å². The third kappa shape index (κ3) is 3.86. The molecule has 0 saturated heterocycles. The first-order valence-corrected chi connectivity index (χ1v) is 7.00. The number of likely N-dealkylation sites (N-methyl/N-ethyl adjacent to an activating group) is 1. The van der Waals surface area contributed by atoms with E-state index in [4.69, 9.17) is 27.9 Å². The maximum atomic E-state index is 6.28. The highest BCUT2D eigenvalue weighted by molar-refractivity contribution is 6.33. The maximum Gasteiger partial charge on any atom is 0.0820 e. The summed E-state index contributed by atoms with van der Waals surface area (Å²) >= 11 is 12.3. The van der Waals surface area contributed by atoms with Crippen LogP contribution in [0.3, 0.4) is 0 Å². The van der Waals surface area contributed by atoms with Crippen LogP contribution in [0.4, 0.5) is 0 Å². The Morgan fingerprint density at radius 1 is 1.28 bits per heavy atom. The summed E-state index contributed by atoms with van der Waals surface area (Å²) in [5, 5.41) is 4.82. The molecular formula is C14H21Cl2NO. The van der Waals surface area contributed by atoms with Crippen molar-refractivity contribution in [1.82, 2.24) is 5.32 Å². The van der Waals surface area contributed by atoms with Crippen molar-refractivity contribution in [2.75, 3.05) is 13.2 Å². The van der Waals surface area contributed by atoms with Gasteiger partial charge in [0.15, 0.2) is 0 Å². The molecule has 1 rings (SSSR count). The largest absolute Gasteiger partial charge is 0.374 e. The lowest BCUT2D eigenvalue weighted by Gasteiger charge is -2.35. The lowest BCUT2D eigenvalue weighted by Crippen LogP contribution is -2.41. The molecule has 1 atom stereocenters. The van der Waals surface area contributed by atoms with Gasteiger partial charge in [0, 0.05) is 16.7 Å². The Morgan fingerprint density at radius 3 is 2.50 bits per heavy atom. The minimum atomic E-state index is -0.348. The summed E-state index contributed by atoms with van der Waals surface area (Å²) in [6, 6.07) is 5.53. The molecule has 2 nitrogen and oxygen atoms in total. The molecule has 0 saturated carbocycles. The van der Waals surface area contributed by atoms with Gasteiger partial charge in [-0.25, -0.2) is 0 Å². The van der Waals surface area contributed by atoms with Crippen molar-refractivity contribution in [3.05, 3.63) is 33.8 Å². The number of halogens is 2. The summed E-state index contributed by atoms with van der Waals surface area (Å²) in [7, 11) is 0. The number of hydrogen-bond donors (Lipinski definition) is 1. The summed E-state index contributed by atoms with van der Waals surface area (Å²) < 4.78 is 5.83. The Bertz CT molecular complexity index is 393. The summed E-state index contributed by atoms with van der Waals surface area (Å²) in [5.41, 5.74) is 0.628. The van der Waals surface area contributed by atoms with Crippen LogP contribution in [0.25, 0.3) is 0 Å². The predicted octanol–water partition coefficient (Wildman–Crippen LogP) is 4.46. The van der Waals surface area contributed by atoms with Gasteiger partial charge in [-0.1, -0.05) is 30.1 Å². The standard InChI is InChI=1S/C14H21Cl2NO/c1-5-17-13(14(3,4)18-6-2)11-9-10(15)7-8-12(11)16/h7-9,13,17H,5-6H2,1-4H3. The molecule has 0 aromatic heterocycles. The summed E-state index contributed by atoms with van der Waals surface area (Å²) in [6.45, 7) is 9.66. The average molecular weight is 290 g/mol. The molecular weight excluding hydrogens is 269 g/mol. The van der Waals surface area contributed by atoms with E-state index in [1.54, 1.807) is 6.07 Å². The zero-order valence-electron chi connectivity index (χ0n) is 11.4. The lowest BCUT2D eigenvalue weighted by molar-refractivity contribution is -0.0388. The number of hydrogen-bond acceptors (Lipinski definition) is 2. The van der Waals surface area contributed by atoms with Crippen LogP contribution < -0.4 is 5.32 Å². The van der Waals surface area contributed by atoms with E-state index in [-0.39, 0.29) is 11.6 Å². The number of benzene rings is 1.